The zero-order valence-corrected chi connectivity index (χ0v) is 13.6. The Morgan fingerprint density at radius 3 is 2.55 bits per heavy atom. The van der Waals surface area contributed by atoms with E-state index >= 15 is 0 Å². The van der Waals surface area contributed by atoms with E-state index in [0.29, 0.717) is 5.41 Å². The molecule has 0 unspecified atom stereocenters. The summed E-state index contributed by atoms with van der Waals surface area (Å²) in [5, 5.41) is 6.77. The minimum absolute atomic E-state index is 0.431. The second-order valence-electron chi connectivity index (χ2n) is 5.78. The molecule has 0 aromatic rings. The molecule has 1 aliphatic carbocycles. The smallest absolute Gasteiger partial charge is 0.191 e. The molecule has 0 bridgehead atoms. The minimum Gasteiger partial charge on any atom is -0.382 e. The van der Waals surface area contributed by atoms with Crippen LogP contribution in [-0.4, -0.2) is 38.8 Å². The van der Waals surface area contributed by atoms with E-state index in [-0.39, 0.29) is 0 Å². The van der Waals surface area contributed by atoms with Gasteiger partial charge in [-0.15, -0.1) is 0 Å². The predicted octanol–water partition coefficient (Wildman–Crippen LogP) is 2.94. The molecular weight excluding hydrogens is 250 g/mol. The molecule has 1 fully saturated rings. The van der Waals surface area contributed by atoms with Gasteiger partial charge in [0.05, 0.1) is 0 Å². The Kier molecular flexibility index (Phi) is 8.67. The number of hydrogen-bond donors (Lipinski definition) is 2. The summed E-state index contributed by atoms with van der Waals surface area (Å²) in [5.74, 6) is 0.978. The monoisotopic (exact) mass is 283 g/mol. The lowest BCUT2D eigenvalue weighted by Crippen LogP contribution is -2.38. The van der Waals surface area contributed by atoms with Gasteiger partial charge in [0.25, 0.3) is 0 Å². The molecule has 0 radical (unpaired) electrons. The van der Waals surface area contributed by atoms with Crippen molar-refractivity contribution in [2.75, 3.05) is 32.8 Å². The van der Waals surface area contributed by atoms with Crippen LogP contribution >= 0.6 is 0 Å². The van der Waals surface area contributed by atoms with Crippen molar-refractivity contribution in [3.05, 3.63) is 0 Å². The van der Waals surface area contributed by atoms with Crippen LogP contribution in [0.25, 0.3) is 0 Å². The van der Waals surface area contributed by atoms with Crippen molar-refractivity contribution in [2.24, 2.45) is 10.4 Å². The average Bonchev–Trinajstić information content (AvgIpc) is 3.21. The fourth-order valence-electron chi connectivity index (χ4n) is 2.27. The first-order valence-corrected chi connectivity index (χ1v) is 8.36. The van der Waals surface area contributed by atoms with Gasteiger partial charge in [-0.1, -0.05) is 19.8 Å². The fourth-order valence-corrected chi connectivity index (χ4v) is 2.27. The Morgan fingerprint density at radius 2 is 1.95 bits per heavy atom. The van der Waals surface area contributed by atoms with Crippen LogP contribution in [0.1, 0.15) is 59.3 Å². The van der Waals surface area contributed by atoms with Gasteiger partial charge in [-0.05, 0) is 44.9 Å². The van der Waals surface area contributed by atoms with E-state index in [1.54, 1.807) is 0 Å². The van der Waals surface area contributed by atoms with Crippen molar-refractivity contribution in [3.8, 4) is 0 Å². The largest absolute Gasteiger partial charge is 0.382 e. The molecule has 0 atom stereocenters. The van der Waals surface area contributed by atoms with Crippen LogP contribution in [0.4, 0.5) is 0 Å². The maximum Gasteiger partial charge on any atom is 0.191 e. The van der Waals surface area contributed by atoms with Gasteiger partial charge in [-0.2, -0.15) is 0 Å². The van der Waals surface area contributed by atoms with Gasteiger partial charge in [0.2, 0.25) is 0 Å². The van der Waals surface area contributed by atoms with Gasteiger partial charge in [0.15, 0.2) is 5.96 Å². The number of nitrogens with zero attached hydrogens (tertiary/aromatic N) is 1. The molecule has 1 saturated carbocycles. The lowest BCUT2D eigenvalue weighted by Gasteiger charge is -2.15. The van der Waals surface area contributed by atoms with Crippen molar-refractivity contribution in [3.63, 3.8) is 0 Å². The third kappa shape index (κ3) is 7.13. The summed E-state index contributed by atoms with van der Waals surface area (Å²) in [6.07, 6.45) is 7.52. The van der Waals surface area contributed by atoms with E-state index in [2.05, 4.69) is 31.4 Å². The number of unbranched alkanes of at least 4 members (excludes halogenated alkanes) is 2. The summed E-state index contributed by atoms with van der Waals surface area (Å²) < 4.78 is 5.48. The number of nitrogens with one attached hydrogen (secondary N) is 2. The van der Waals surface area contributed by atoms with Gasteiger partial charge in [0, 0.05) is 32.8 Å². The standard InChI is InChI=1S/C16H33N3O/c1-4-7-8-12-18-15(17-5-2)19-14-16(9-10-16)11-13-20-6-3/h4-14H2,1-3H3,(H2,17,18,19). The van der Waals surface area contributed by atoms with Crippen LogP contribution in [0.15, 0.2) is 4.99 Å². The van der Waals surface area contributed by atoms with E-state index in [9.17, 15) is 0 Å². The molecule has 118 valence electrons. The number of hydrogen-bond acceptors (Lipinski definition) is 2. The highest BCUT2D eigenvalue weighted by Gasteiger charge is 2.41. The SMILES string of the molecule is CCCCCNC(=NCC1(CCOCC)CC1)NCC. The van der Waals surface area contributed by atoms with Crippen LogP contribution in [0, 0.1) is 5.41 Å². The highest BCUT2D eigenvalue weighted by atomic mass is 16.5. The molecule has 0 aliphatic heterocycles. The first-order valence-electron chi connectivity index (χ1n) is 8.36. The lowest BCUT2D eigenvalue weighted by molar-refractivity contribution is 0.129. The summed E-state index contributed by atoms with van der Waals surface area (Å²) >= 11 is 0. The Morgan fingerprint density at radius 1 is 1.15 bits per heavy atom. The van der Waals surface area contributed by atoms with E-state index < -0.39 is 0 Å². The number of ether oxygens (including phenoxy) is 1. The summed E-state index contributed by atoms with van der Waals surface area (Å²) in [5.41, 5.74) is 0.431. The number of guanidine groups is 1. The van der Waals surface area contributed by atoms with E-state index in [0.717, 1.165) is 45.2 Å². The van der Waals surface area contributed by atoms with Gasteiger partial charge in [-0.25, -0.2) is 0 Å². The highest BCUT2D eigenvalue weighted by Crippen LogP contribution is 2.48. The molecule has 20 heavy (non-hydrogen) atoms. The molecule has 0 aromatic heterocycles. The molecule has 0 spiro atoms. The van der Waals surface area contributed by atoms with Crippen molar-refractivity contribution in [1.29, 1.82) is 0 Å². The van der Waals surface area contributed by atoms with E-state index in [1.165, 1.54) is 32.1 Å². The summed E-state index contributed by atoms with van der Waals surface area (Å²) in [6, 6.07) is 0. The molecule has 0 saturated heterocycles. The van der Waals surface area contributed by atoms with Crippen molar-refractivity contribution in [1.82, 2.24) is 10.6 Å². The summed E-state index contributed by atoms with van der Waals surface area (Å²) in [4.78, 5) is 4.76. The van der Waals surface area contributed by atoms with Crippen LogP contribution < -0.4 is 10.6 Å². The highest BCUT2D eigenvalue weighted by molar-refractivity contribution is 5.79. The van der Waals surface area contributed by atoms with Crippen LogP contribution in [-0.2, 0) is 4.74 Å². The first-order chi connectivity index (χ1) is 9.76. The van der Waals surface area contributed by atoms with Crippen molar-refractivity contribution in [2.45, 2.75) is 59.3 Å². The maximum absolute atomic E-state index is 5.48. The molecule has 0 aromatic carbocycles. The van der Waals surface area contributed by atoms with Gasteiger partial charge in [0.1, 0.15) is 0 Å². The second kappa shape index (κ2) is 10.0. The van der Waals surface area contributed by atoms with Gasteiger partial charge < -0.3 is 15.4 Å². The fraction of sp³-hybridized carbons (Fsp3) is 0.938. The molecule has 4 heteroatoms. The zero-order valence-electron chi connectivity index (χ0n) is 13.6. The Bertz CT molecular complexity index is 275. The summed E-state index contributed by atoms with van der Waals surface area (Å²) in [6.45, 7) is 11.0. The quantitative estimate of drug-likeness (QED) is 0.348. The second-order valence-corrected chi connectivity index (χ2v) is 5.78. The minimum atomic E-state index is 0.431. The third-order valence-electron chi connectivity index (χ3n) is 3.93. The molecule has 1 rings (SSSR count). The maximum atomic E-state index is 5.48. The molecule has 4 nitrogen and oxygen atoms in total. The van der Waals surface area contributed by atoms with Crippen LogP contribution in [0.5, 0.6) is 0 Å². The molecule has 2 N–H and O–H groups in total. The molecular formula is C16H33N3O. The van der Waals surface area contributed by atoms with Crippen LogP contribution in [0.3, 0.4) is 0 Å². The first kappa shape index (κ1) is 17.3. The number of aliphatic imine (C=N–C) groups is 1. The Labute approximate surface area is 124 Å². The van der Waals surface area contributed by atoms with Gasteiger partial charge in [-0.3, -0.25) is 4.99 Å². The lowest BCUT2D eigenvalue weighted by atomic mass is 10.0. The Balaban J connectivity index is 2.30. The molecule has 0 amide bonds. The average molecular weight is 283 g/mol. The van der Waals surface area contributed by atoms with E-state index in [4.69, 9.17) is 9.73 Å². The van der Waals surface area contributed by atoms with Crippen molar-refractivity contribution >= 4 is 5.96 Å². The zero-order chi connectivity index (χ0) is 14.7. The van der Waals surface area contributed by atoms with Crippen LogP contribution in [0.2, 0.25) is 0 Å². The normalized spacial score (nSPS) is 17.1. The number of rotatable bonds is 11. The van der Waals surface area contributed by atoms with E-state index in [1.807, 2.05) is 0 Å². The van der Waals surface area contributed by atoms with Gasteiger partial charge >= 0.3 is 0 Å². The third-order valence-corrected chi connectivity index (χ3v) is 3.93. The topological polar surface area (TPSA) is 45.7 Å². The van der Waals surface area contributed by atoms with Crippen molar-refractivity contribution < 1.29 is 4.74 Å². The summed E-state index contributed by atoms with van der Waals surface area (Å²) in [7, 11) is 0. The molecule has 0 heterocycles. The predicted molar refractivity (Wildman–Crippen MR) is 86.3 cm³/mol. The molecule has 1 aliphatic rings. The Hall–Kier alpha value is -0.770.